The third kappa shape index (κ3) is 5.89. The van der Waals surface area contributed by atoms with Crippen molar-refractivity contribution in [2.45, 2.75) is 90.3 Å². The third-order valence-corrected chi connectivity index (χ3v) is 11.6. The van der Waals surface area contributed by atoms with E-state index in [1.807, 2.05) is 13.1 Å². The maximum Gasteiger partial charge on any atom is 0.329 e. The Labute approximate surface area is 134 Å². The number of hydrogen-bond donors (Lipinski definition) is 2. The Kier molecular flexibility index (Phi) is 7.55. The Morgan fingerprint density at radius 2 is 1.33 bits per heavy atom. The van der Waals surface area contributed by atoms with E-state index < -0.39 is 30.4 Å². The van der Waals surface area contributed by atoms with Crippen LogP contribution >= 0.6 is 0 Å². The molecule has 0 aliphatic heterocycles. The van der Waals surface area contributed by atoms with Crippen molar-refractivity contribution in [3.63, 3.8) is 0 Å². The lowest BCUT2D eigenvalue weighted by Gasteiger charge is -2.48. The first-order valence-corrected chi connectivity index (χ1v) is 16.9. The van der Waals surface area contributed by atoms with E-state index >= 15 is 0 Å². The van der Waals surface area contributed by atoms with E-state index in [1.165, 1.54) is 0 Å². The molecule has 0 saturated carbocycles. The summed E-state index contributed by atoms with van der Waals surface area (Å²) in [6.45, 7) is 18.0. The molecule has 7 heteroatoms. The van der Waals surface area contributed by atoms with Crippen LogP contribution in [0.2, 0.25) is 39.3 Å². The van der Waals surface area contributed by atoms with E-state index in [2.05, 4.69) is 33.9 Å². The van der Waals surface area contributed by atoms with Crippen LogP contribution in [0.1, 0.15) is 40.0 Å². The van der Waals surface area contributed by atoms with Crippen molar-refractivity contribution in [2.75, 3.05) is 0 Å². The van der Waals surface area contributed by atoms with Gasteiger partial charge in [0.1, 0.15) is 0 Å². The van der Waals surface area contributed by atoms with Crippen LogP contribution in [0, 0.1) is 0 Å². The highest BCUT2D eigenvalue weighted by Crippen LogP contribution is 2.37. The summed E-state index contributed by atoms with van der Waals surface area (Å²) in [4.78, 5) is 20.7. The van der Waals surface area contributed by atoms with E-state index in [9.17, 15) is 9.59 Å². The topological polar surface area (TPSA) is 58.9 Å². The first-order valence-electron chi connectivity index (χ1n) is 8.07. The lowest BCUT2D eigenvalue weighted by molar-refractivity contribution is 0.0637. The van der Waals surface area contributed by atoms with Crippen LogP contribution in [-0.2, 0) is 8.85 Å². The lowest BCUT2D eigenvalue weighted by Crippen LogP contribution is -2.64. The minimum atomic E-state index is -2.65. The second kappa shape index (κ2) is 7.37. The van der Waals surface area contributed by atoms with Crippen LogP contribution in [0.5, 0.6) is 0 Å². The molecule has 0 spiro atoms. The predicted molar refractivity (Wildman–Crippen MR) is 96.4 cm³/mol. The number of rotatable bonds is 9. The second-order valence-electron chi connectivity index (χ2n) is 7.43. The van der Waals surface area contributed by atoms with Crippen LogP contribution in [0.4, 0.5) is 0 Å². The van der Waals surface area contributed by atoms with E-state index in [-0.39, 0.29) is 5.73 Å². The zero-order chi connectivity index (χ0) is 17.1. The molecule has 128 valence electrons. The van der Waals surface area contributed by atoms with E-state index in [0.29, 0.717) is 0 Å². The molecule has 0 radical (unpaired) electrons. The maximum atomic E-state index is 10.4. The van der Waals surface area contributed by atoms with Gasteiger partial charge in [0.05, 0.1) is 11.0 Å². The standard InChI is InChI=1S/C14H36O4Si3/c1-10-13(19(4,5)15)17-20(6,7)14(11-2,12-3)18-21(8,9)16/h13,15-16H,10-12H2,1-9H3/t13-/m0/s1. The molecule has 0 unspecified atom stereocenters. The van der Waals surface area contributed by atoms with Gasteiger partial charge in [-0.2, -0.15) is 0 Å². The normalized spacial score (nSPS) is 16.1. The monoisotopic (exact) mass is 352 g/mol. The molecule has 0 saturated heterocycles. The first-order chi connectivity index (χ1) is 9.24. The molecule has 2 N–H and O–H groups in total. The van der Waals surface area contributed by atoms with Gasteiger partial charge in [-0.3, -0.25) is 0 Å². The molecular weight excluding hydrogens is 316 g/mol. The molecule has 0 aliphatic rings. The van der Waals surface area contributed by atoms with E-state index in [0.717, 1.165) is 19.3 Å². The Morgan fingerprint density at radius 3 is 1.57 bits per heavy atom. The highest BCUT2D eigenvalue weighted by atomic mass is 28.4. The van der Waals surface area contributed by atoms with Gasteiger partial charge < -0.3 is 18.4 Å². The van der Waals surface area contributed by atoms with Crippen LogP contribution in [0.3, 0.4) is 0 Å². The fourth-order valence-corrected chi connectivity index (χ4v) is 11.8. The Balaban J connectivity index is 5.47. The van der Waals surface area contributed by atoms with Gasteiger partial charge in [0, 0.05) is 0 Å². The average Bonchev–Trinajstić information content (AvgIpc) is 2.30. The summed E-state index contributed by atoms with van der Waals surface area (Å²) >= 11 is 0. The fraction of sp³-hybridized carbons (Fsp3) is 1.00. The smallest absolute Gasteiger partial charge is 0.329 e. The summed E-state index contributed by atoms with van der Waals surface area (Å²) in [5.74, 6) is 0. The summed E-state index contributed by atoms with van der Waals surface area (Å²) in [5, 5.41) is -0.398. The van der Waals surface area contributed by atoms with Gasteiger partial charge in [-0.25, -0.2) is 0 Å². The van der Waals surface area contributed by atoms with Gasteiger partial charge in [0.25, 0.3) is 0 Å². The summed E-state index contributed by atoms with van der Waals surface area (Å²) in [6, 6.07) is 0. The highest BCUT2D eigenvalue weighted by Gasteiger charge is 2.52. The van der Waals surface area contributed by atoms with Crippen molar-refractivity contribution in [1.82, 2.24) is 0 Å². The Bertz CT molecular complexity index is 317. The van der Waals surface area contributed by atoms with Crippen molar-refractivity contribution in [2.24, 2.45) is 0 Å². The fourth-order valence-electron chi connectivity index (χ4n) is 3.04. The number of hydrogen-bond acceptors (Lipinski definition) is 4. The van der Waals surface area contributed by atoms with Crippen molar-refractivity contribution in [1.29, 1.82) is 0 Å². The molecular formula is C14H36O4Si3. The van der Waals surface area contributed by atoms with Gasteiger partial charge in [-0.1, -0.05) is 20.8 Å². The molecule has 0 aromatic heterocycles. The molecule has 0 aliphatic carbocycles. The Hall–Kier alpha value is 0.491. The minimum absolute atomic E-state index is 0.0799. The third-order valence-electron chi connectivity index (χ3n) is 4.28. The first kappa shape index (κ1) is 21.5. The van der Waals surface area contributed by atoms with Crippen molar-refractivity contribution in [3.8, 4) is 0 Å². The van der Waals surface area contributed by atoms with Crippen LogP contribution in [0.15, 0.2) is 0 Å². The van der Waals surface area contributed by atoms with Gasteiger partial charge in [0.2, 0.25) is 16.6 Å². The summed E-state index contributed by atoms with van der Waals surface area (Å²) < 4.78 is 12.7. The molecule has 0 bridgehead atoms. The Morgan fingerprint density at radius 1 is 0.905 bits per heavy atom. The van der Waals surface area contributed by atoms with Crippen LogP contribution in [-0.4, -0.2) is 45.7 Å². The maximum absolute atomic E-state index is 10.4. The highest BCUT2D eigenvalue weighted by molar-refractivity contribution is 6.78. The minimum Gasteiger partial charge on any atom is -0.430 e. The van der Waals surface area contributed by atoms with E-state index in [4.69, 9.17) is 8.85 Å². The predicted octanol–water partition coefficient (Wildman–Crippen LogP) is 3.53. The summed E-state index contributed by atoms with van der Waals surface area (Å²) in [5.41, 5.74) is -0.0799. The molecule has 21 heavy (non-hydrogen) atoms. The summed E-state index contributed by atoms with van der Waals surface area (Å²) in [7, 11) is -7.26. The van der Waals surface area contributed by atoms with Crippen molar-refractivity contribution >= 4 is 25.2 Å². The zero-order valence-electron chi connectivity index (χ0n) is 15.4. The molecule has 0 aromatic rings. The molecule has 0 amide bonds. The second-order valence-corrected chi connectivity index (χ2v) is 18.6. The van der Waals surface area contributed by atoms with E-state index in [1.54, 1.807) is 13.1 Å². The van der Waals surface area contributed by atoms with Gasteiger partial charge in [0.15, 0.2) is 0 Å². The molecule has 0 fully saturated rings. The van der Waals surface area contributed by atoms with Crippen molar-refractivity contribution < 1.29 is 18.4 Å². The van der Waals surface area contributed by atoms with Crippen molar-refractivity contribution in [3.05, 3.63) is 0 Å². The molecule has 0 heterocycles. The quantitative estimate of drug-likeness (QED) is 0.623. The van der Waals surface area contributed by atoms with Gasteiger partial charge >= 0.3 is 8.56 Å². The molecule has 0 aromatic carbocycles. The van der Waals surface area contributed by atoms with Gasteiger partial charge in [-0.15, -0.1) is 0 Å². The molecule has 4 nitrogen and oxygen atoms in total. The average molecular weight is 353 g/mol. The lowest BCUT2D eigenvalue weighted by atomic mass is 10.2. The van der Waals surface area contributed by atoms with Crippen LogP contribution < -0.4 is 0 Å². The van der Waals surface area contributed by atoms with Gasteiger partial charge in [-0.05, 0) is 58.5 Å². The molecule has 1 atom stereocenters. The largest absolute Gasteiger partial charge is 0.430 e. The zero-order valence-corrected chi connectivity index (χ0v) is 18.4. The van der Waals surface area contributed by atoms with Crippen LogP contribution in [0.25, 0.3) is 0 Å². The summed E-state index contributed by atoms with van der Waals surface area (Å²) in [6.07, 6.45) is 2.46. The SMILES string of the molecule is CC[C@@H](O[Si](C)(C)C(CC)(CC)O[Si](C)(C)O)[Si](C)(C)O. The molecule has 0 rings (SSSR count).